The monoisotopic (exact) mass is 539 g/mol. The second kappa shape index (κ2) is 11.5. The first-order chi connectivity index (χ1) is 18.3. The second-order valence-corrected chi connectivity index (χ2v) is 10.3. The van der Waals surface area contributed by atoms with Crippen molar-refractivity contribution >= 4 is 17.4 Å². The molecule has 1 N–H and O–H groups in total. The van der Waals surface area contributed by atoms with Crippen LogP contribution in [0.25, 0.3) is 16.9 Å². The molecule has 3 heterocycles. The Morgan fingerprint density at radius 2 is 1.74 bits per heavy atom. The topological polar surface area (TPSA) is 63.1 Å². The van der Waals surface area contributed by atoms with Crippen LogP contribution >= 0.6 is 11.5 Å². The molecule has 0 unspecified atom stereocenters. The van der Waals surface area contributed by atoms with Gasteiger partial charge in [-0.2, -0.15) is 13.2 Å². The van der Waals surface area contributed by atoms with Crippen LogP contribution in [0.1, 0.15) is 36.0 Å². The van der Waals surface area contributed by atoms with Crippen LogP contribution in [0.5, 0.6) is 0 Å². The van der Waals surface area contributed by atoms with Crippen molar-refractivity contribution in [2.75, 3.05) is 13.1 Å². The molecule has 4 aromatic rings. The highest BCUT2D eigenvalue weighted by Gasteiger charge is 2.30. The highest BCUT2D eigenvalue weighted by Crippen LogP contribution is 2.30. The van der Waals surface area contributed by atoms with Gasteiger partial charge in [-0.3, -0.25) is 9.69 Å². The summed E-state index contributed by atoms with van der Waals surface area (Å²) in [5.41, 5.74) is 4.07. The zero-order valence-electron chi connectivity index (χ0n) is 20.7. The number of nitrogens with zero attached hydrogens (tertiary/aromatic N) is 4. The molecular weight excluding hydrogens is 511 g/mol. The first-order valence-corrected chi connectivity index (χ1v) is 13.4. The Kier molecular flexibility index (Phi) is 7.90. The van der Waals surface area contributed by atoms with Gasteiger partial charge in [0.25, 0.3) is 0 Å². The standard InChI is InChI=1S/C28H28F3N5OS/c29-28(30,31)24-5-7-25(8-6-24)36-14-11-22(18-36)17-35-12-9-20(10-13-35)15-27(37)32-16-21-1-3-23(4-2-21)26-19-38-34-33-26/h1-8,11,14,18-20H,9-10,12-13,15-17H2,(H,32,37). The van der Waals surface area contributed by atoms with E-state index in [2.05, 4.69) is 19.8 Å². The minimum atomic E-state index is -4.33. The molecule has 198 valence electrons. The fourth-order valence-corrected chi connectivity index (χ4v) is 5.21. The second-order valence-electron chi connectivity index (χ2n) is 9.66. The molecule has 1 saturated heterocycles. The number of halogens is 3. The van der Waals surface area contributed by atoms with Gasteiger partial charge in [0.2, 0.25) is 5.91 Å². The van der Waals surface area contributed by atoms with Crippen molar-refractivity contribution in [2.24, 2.45) is 5.92 Å². The summed E-state index contributed by atoms with van der Waals surface area (Å²) in [7, 11) is 0. The molecule has 1 aliphatic heterocycles. The van der Waals surface area contributed by atoms with Crippen molar-refractivity contribution in [3.63, 3.8) is 0 Å². The van der Waals surface area contributed by atoms with Gasteiger partial charge in [-0.15, -0.1) is 5.10 Å². The van der Waals surface area contributed by atoms with Crippen LogP contribution in [-0.4, -0.2) is 38.1 Å². The lowest BCUT2D eigenvalue weighted by Gasteiger charge is -2.31. The molecule has 0 saturated carbocycles. The molecule has 0 spiro atoms. The number of nitrogens with one attached hydrogen (secondary N) is 1. The smallest absolute Gasteiger partial charge is 0.352 e. The lowest BCUT2D eigenvalue weighted by Crippen LogP contribution is -2.35. The van der Waals surface area contributed by atoms with Crippen LogP contribution in [0, 0.1) is 5.92 Å². The van der Waals surface area contributed by atoms with Crippen LogP contribution in [-0.2, 0) is 24.1 Å². The van der Waals surface area contributed by atoms with E-state index in [1.807, 2.05) is 52.7 Å². The molecule has 0 aliphatic carbocycles. The zero-order valence-corrected chi connectivity index (χ0v) is 21.5. The van der Waals surface area contributed by atoms with Crippen LogP contribution in [0.4, 0.5) is 13.2 Å². The van der Waals surface area contributed by atoms with E-state index in [1.54, 1.807) is 0 Å². The number of likely N-dealkylation sites (tertiary alicyclic amines) is 1. The van der Waals surface area contributed by atoms with Crippen LogP contribution in [0.15, 0.2) is 72.4 Å². The van der Waals surface area contributed by atoms with Crippen LogP contribution in [0.3, 0.4) is 0 Å². The van der Waals surface area contributed by atoms with Crippen molar-refractivity contribution in [2.45, 2.75) is 38.5 Å². The summed E-state index contributed by atoms with van der Waals surface area (Å²) in [6.45, 7) is 3.11. The number of carbonyl (C=O) groups is 1. The third-order valence-corrected chi connectivity index (χ3v) is 7.44. The number of carbonyl (C=O) groups excluding carboxylic acids is 1. The predicted molar refractivity (Wildman–Crippen MR) is 141 cm³/mol. The Hall–Kier alpha value is -3.50. The third kappa shape index (κ3) is 6.68. The number of hydrogen-bond acceptors (Lipinski definition) is 5. The average molecular weight is 540 g/mol. The molecule has 6 nitrogen and oxygen atoms in total. The van der Waals surface area contributed by atoms with Gasteiger partial charge in [-0.25, -0.2) is 0 Å². The fraction of sp³-hybridized carbons (Fsp3) is 0.321. The lowest BCUT2D eigenvalue weighted by atomic mass is 9.93. The van der Waals surface area contributed by atoms with Gasteiger partial charge in [0, 0.05) is 48.5 Å². The van der Waals surface area contributed by atoms with E-state index < -0.39 is 11.7 Å². The van der Waals surface area contributed by atoms with Crippen molar-refractivity contribution in [1.29, 1.82) is 0 Å². The molecule has 0 atom stereocenters. The maximum Gasteiger partial charge on any atom is 0.416 e. The van der Waals surface area contributed by atoms with Gasteiger partial charge in [-0.1, -0.05) is 28.8 Å². The third-order valence-electron chi connectivity index (χ3n) is 6.93. The minimum Gasteiger partial charge on any atom is -0.352 e. The molecule has 2 aromatic heterocycles. The van der Waals surface area contributed by atoms with Crippen molar-refractivity contribution in [1.82, 2.24) is 24.4 Å². The number of aromatic nitrogens is 3. The van der Waals surface area contributed by atoms with Crippen molar-refractivity contribution < 1.29 is 18.0 Å². The van der Waals surface area contributed by atoms with Gasteiger partial charge < -0.3 is 9.88 Å². The quantitative estimate of drug-likeness (QED) is 0.301. The Labute approximate surface area is 223 Å². The van der Waals surface area contributed by atoms with Crippen molar-refractivity contribution in [3.8, 4) is 16.9 Å². The molecule has 0 radical (unpaired) electrons. The SMILES string of the molecule is O=C(CC1CCN(Cc2ccn(-c3ccc(C(F)(F)F)cc3)c2)CC1)NCc1ccc(-c2csnn2)cc1. The van der Waals surface area contributed by atoms with Crippen LogP contribution < -0.4 is 5.32 Å². The highest BCUT2D eigenvalue weighted by molar-refractivity contribution is 7.03. The maximum absolute atomic E-state index is 12.8. The minimum absolute atomic E-state index is 0.0739. The zero-order chi connectivity index (χ0) is 26.5. The van der Waals surface area contributed by atoms with Gasteiger partial charge in [0.15, 0.2) is 0 Å². The lowest BCUT2D eigenvalue weighted by molar-refractivity contribution is -0.137. The number of amides is 1. The summed E-state index contributed by atoms with van der Waals surface area (Å²) in [5.74, 6) is 0.437. The summed E-state index contributed by atoms with van der Waals surface area (Å²) in [4.78, 5) is 14.9. The van der Waals surface area contributed by atoms with E-state index >= 15 is 0 Å². The van der Waals surface area contributed by atoms with Gasteiger partial charge in [-0.05, 0) is 84.8 Å². The number of rotatable bonds is 8. The Balaban J connectivity index is 1.04. The molecule has 1 amide bonds. The predicted octanol–water partition coefficient (Wildman–Crippen LogP) is 5.93. The van der Waals surface area contributed by atoms with E-state index in [0.29, 0.717) is 24.6 Å². The van der Waals surface area contributed by atoms with E-state index in [9.17, 15) is 18.0 Å². The maximum atomic E-state index is 12.8. The molecular formula is C28H28F3N5OS. The summed E-state index contributed by atoms with van der Waals surface area (Å²) < 4.78 is 44.2. The summed E-state index contributed by atoms with van der Waals surface area (Å²) in [6.07, 6.45) is 1.95. The van der Waals surface area contributed by atoms with E-state index in [4.69, 9.17) is 0 Å². The van der Waals surface area contributed by atoms with E-state index in [1.165, 1.54) is 23.7 Å². The Bertz CT molecular complexity index is 1330. The summed E-state index contributed by atoms with van der Waals surface area (Å²) in [6, 6.07) is 15.2. The molecule has 10 heteroatoms. The van der Waals surface area contributed by atoms with Gasteiger partial charge in [0.05, 0.1) is 5.56 Å². The molecule has 0 bridgehead atoms. The van der Waals surface area contributed by atoms with Crippen LogP contribution in [0.2, 0.25) is 0 Å². The Morgan fingerprint density at radius 1 is 1.00 bits per heavy atom. The first-order valence-electron chi connectivity index (χ1n) is 12.5. The fourth-order valence-electron chi connectivity index (χ4n) is 4.74. The summed E-state index contributed by atoms with van der Waals surface area (Å²) in [5, 5.41) is 9.01. The molecule has 38 heavy (non-hydrogen) atoms. The number of piperidine rings is 1. The first kappa shape index (κ1) is 26.1. The molecule has 1 fully saturated rings. The highest BCUT2D eigenvalue weighted by atomic mass is 32.1. The molecule has 1 aliphatic rings. The largest absolute Gasteiger partial charge is 0.416 e. The van der Waals surface area contributed by atoms with E-state index in [-0.39, 0.29) is 5.91 Å². The number of hydrogen-bond donors (Lipinski definition) is 1. The normalized spacial score (nSPS) is 15.0. The van der Waals surface area contributed by atoms with Gasteiger partial charge in [0.1, 0.15) is 5.69 Å². The molecule has 2 aromatic carbocycles. The van der Waals surface area contributed by atoms with Gasteiger partial charge >= 0.3 is 6.18 Å². The number of benzene rings is 2. The average Bonchev–Trinajstić information content (AvgIpc) is 3.62. The molecule has 5 rings (SSSR count). The van der Waals surface area contributed by atoms with E-state index in [0.717, 1.165) is 67.0 Å². The summed E-state index contributed by atoms with van der Waals surface area (Å²) >= 11 is 1.32. The van der Waals surface area contributed by atoms with Crippen molar-refractivity contribution in [3.05, 3.63) is 89.1 Å². The number of alkyl halides is 3. The Morgan fingerprint density at radius 3 is 2.39 bits per heavy atom.